The van der Waals surface area contributed by atoms with E-state index in [1.54, 1.807) is 6.92 Å². The maximum atomic E-state index is 12.1. The number of hydrazine groups is 1. The molecule has 0 aliphatic carbocycles. The van der Waals surface area contributed by atoms with E-state index in [0.717, 1.165) is 16.8 Å². The second-order valence-corrected chi connectivity index (χ2v) is 7.97. The molecule has 2 rings (SSSR count). The Morgan fingerprint density at radius 1 is 0.964 bits per heavy atom. The predicted octanol–water partition coefficient (Wildman–Crippen LogP) is 1.47. The monoisotopic (exact) mass is 404 g/mol. The van der Waals surface area contributed by atoms with Gasteiger partial charge in [0.15, 0.2) is 0 Å². The number of amides is 2. The van der Waals surface area contributed by atoms with Gasteiger partial charge in [-0.25, -0.2) is 13.1 Å². The lowest BCUT2D eigenvalue weighted by molar-refractivity contribution is -0.120. The van der Waals surface area contributed by atoms with Crippen molar-refractivity contribution in [1.29, 1.82) is 0 Å². The topological polar surface area (TPSA) is 116 Å². The van der Waals surface area contributed by atoms with Gasteiger partial charge in [0, 0.05) is 17.8 Å². The van der Waals surface area contributed by atoms with E-state index in [0.29, 0.717) is 0 Å². The molecule has 0 aliphatic heterocycles. The molecule has 2 aromatic carbocycles. The number of aryl methyl sites for hydroxylation is 2. The van der Waals surface area contributed by atoms with E-state index in [1.807, 2.05) is 32.0 Å². The summed E-state index contributed by atoms with van der Waals surface area (Å²) in [6.07, 6.45) is 0. The molecule has 9 heteroatoms. The summed E-state index contributed by atoms with van der Waals surface area (Å²) in [6.45, 7) is 5.87. The summed E-state index contributed by atoms with van der Waals surface area (Å²) >= 11 is 0. The van der Waals surface area contributed by atoms with Crippen LogP contribution in [0.2, 0.25) is 0 Å². The number of hydrogen-bond donors (Lipinski definition) is 4. The minimum absolute atomic E-state index is 0.00987. The molecule has 0 aliphatic rings. The highest BCUT2D eigenvalue weighted by molar-refractivity contribution is 7.89. The Morgan fingerprint density at radius 3 is 2.25 bits per heavy atom. The first-order valence-electron chi connectivity index (χ1n) is 8.73. The van der Waals surface area contributed by atoms with Crippen LogP contribution < -0.4 is 20.9 Å². The Balaban J connectivity index is 1.86. The average molecular weight is 404 g/mol. The Bertz CT molecular complexity index is 956. The molecular formula is C19H24N4O4S. The first kappa shape index (κ1) is 21.4. The fourth-order valence-electron chi connectivity index (χ4n) is 2.49. The summed E-state index contributed by atoms with van der Waals surface area (Å²) in [4.78, 5) is 24.1. The lowest BCUT2D eigenvalue weighted by Gasteiger charge is -2.11. The minimum Gasteiger partial charge on any atom is -0.376 e. The van der Waals surface area contributed by atoms with Crippen molar-refractivity contribution >= 4 is 27.5 Å². The van der Waals surface area contributed by atoms with Crippen LogP contribution in [0, 0.1) is 13.8 Å². The number of carbonyl (C=O) groups excluding carboxylic acids is 2. The van der Waals surface area contributed by atoms with Crippen LogP contribution in [0.4, 0.5) is 5.69 Å². The van der Waals surface area contributed by atoms with Crippen LogP contribution in [0.15, 0.2) is 47.4 Å². The molecule has 0 bridgehead atoms. The van der Waals surface area contributed by atoms with E-state index in [4.69, 9.17) is 0 Å². The molecule has 0 saturated heterocycles. The van der Waals surface area contributed by atoms with Gasteiger partial charge in [0.05, 0.1) is 11.4 Å². The first-order chi connectivity index (χ1) is 13.2. The van der Waals surface area contributed by atoms with Gasteiger partial charge in [0.2, 0.25) is 10.0 Å². The van der Waals surface area contributed by atoms with Crippen molar-refractivity contribution in [2.75, 3.05) is 18.4 Å². The zero-order valence-electron chi connectivity index (χ0n) is 16.0. The first-order valence-corrected chi connectivity index (χ1v) is 10.2. The molecule has 150 valence electrons. The molecule has 8 nitrogen and oxygen atoms in total. The van der Waals surface area contributed by atoms with Crippen molar-refractivity contribution in [1.82, 2.24) is 15.6 Å². The fourth-order valence-corrected chi connectivity index (χ4v) is 3.53. The lowest BCUT2D eigenvalue weighted by atomic mass is 10.1. The number of carbonyl (C=O) groups is 2. The van der Waals surface area contributed by atoms with Crippen molar-refractivity contribution in [2.45, 2.75) is 25.7 Å². The highest BCUT2D eigenvalue weighted by Crippen LogP contribution is 2.15. The largest absolute Gasteiger partial charge is 0.376 e. The molecule has 0 aromatic heterocycles. The zero-order chi connectivity index (χ0) is 20.7. The van der Waals surface area contributed by atoms with Gasteiger partial charge in [-0.1, -0.05) is 24.6 Å². The molecule has 28 heavy (non-hydrogen) atoms. The number of anilines is 1. The maximum Gasteiger partial charge on any atom is 0.269 e. The van der Waals surface area contributed by atoms with Crippen LogP contribution >= 0.6 is 0 Å². The second kappa shape index (κ2) is 9.34. The molecule has 0 unspecified atom stereocenters. The van der Waals surface area contributed by atoms with Crippen molar-refractivity contribution in [3.8, 4) is 0 Å². The lowest BCUT2D eigenvalue weighted by Crippen LogP contribution is -2.44. The highest BCUT2D eigenvalue weighted by atomic mass is 32.2. The third kappa shape index (κ3) is 5.80. The predicted molar refractivity (Wildman–Crippen MR) is 107 cm³/mol. The Hall–Kier alpha value is -2.91. The van der Waals surface area contributed by atoms with E-state index in [-0.39, 0.29) is 23.5 Å². The van der Waals surface area contributed by atoms with Crippen LogP contribution in [-0.4, -0.2) is 33.3 Å². The number of benzene rings is 2. The molecule has 0 fully saturated rings. The van der Waals surface area contributed by atoms with Gasteiger partial charge in [-0.15, -0.1) is 0 Å². The van der Waals surface area contributed by atoms with Crippen LogP contribution in [-0.2, 0) is 14.8 Å². The van der Waals surface area contributed by atoms with Gasteiger partial charge < -0.3 is 5.32 Å². The third-order valence-electron chi connectivity index (χ3n) is 3.90. The van der Waals surface area contributed by atoms with Gasteiger partial charge >= 0.3 is 0 Å². The SMILES string of the molecule is CCNS(=O)(=O)c1ccc(C(=O)NNC(=O)CNc2ccc(C)cc2C)cc1. The van der Waals surface area contributed by atoms with Gasteiger partial charge in [0.1, 0.15) is 0 Å². The summed E-state index contributed by atoms with van der Waals surface area (Å²) in [5.74, 6) is -0.966. The van der Waals surface area contributed by atoms with Crippen LogP contribution in [0.25, 0.3) is 0 Å². The number of nitrogens with one attached hydrogen (secondary N) is 4. The third-order valence-corrected chi connectivity index (χ3v) is 5.46. The minimum atomic E-state index is -3.58. The highest BCUT2D eigenvalue weighted by Gasteiger charge is 2.14. The standard InChI is InChI=1S/C19H24N4O4S/c1-4-21-28(26,27)16-8-6-15(7-9-16)19(25)23-22-18(24)12-20-17-10-5-13(2)11-14(17)3/h5-11,20-21H,4,12H2,1-3H3,(H,22,24)(H,23,25). The van der Waals surface area contributed by atoms with E-state index in [9.17, 15) is 18.0 Å². The average Bonchev–Trinajstić information content (AvgIpc) is 2.65. The number of hydrogen-bond acceptors (Lipinski definition) is 5. The molecule has 0 heterocycles. The second-order valence-electron chi connectivity index (χ2n) is 6.20. The van der Waals surface area contributed by atoms with Gasteiger partial charge in [-0.05, 0) is 49.7 Å². The molecule has 4 N–H and O–H groups in total. The van der Waals surface area contributed by atoms with E-state index < -0.39 is 21.8 Å². The van der Waals surface area contributed by atoms with Gasteiger partial charge in [0.25, 0.3) is 11.8 Å². The summed E-state index contributed by atoms with van der Waals surface area (Å²) in [5.41, 5.74) is 7.82. The Morgan fingerprint density at radius 2 is 1.64 bits per heavy atom. The molecule has 0 spiro atoms. The molecule has 0 saturated carbocycles. The van der Waals surface area contributed by atoms with Crippen LogP contribution in [0.1, 0.15) is 28.4 Å². The van der Waals surface area contributed by atoms with Crippen molar-refractivity contribution in [3.05, 3.63) is 59.2 Å². The van der Waals surface area contributed by atoms with Crippen molar-refractivity contribution < 1.29 is 18.0 Å². The van der Waals surface area contributed by atoms with Crippen molar-refractivity contribution in [3.63, 3.8) is 0 Å². The molecule has 0 radical (unpaired) electrons. The Kier molecular flexibility index (Phi) is 7.13. The number of rotatable bonds is 7. The fraction of sp³-hybridized carbons (Fsp3) is 0.263. The normalized spacial score (nSPS) is 11.0. The van der Waals surface area contributed by atoms with Crippen molar-refractivity contribution in [2.24, 2.45) is 0 Å². The molecule has 0 atom stereocenters. The molecule has 2 amide bonds. The quantitative estimate of drug-likeness (QED) is 0.522. The van der Waals surface area contributed by atoms with Gasteiger partial charge in [-0.3, -0.25) is 20.4 Å². The summed E-state index contributed by atoms with van der Waals surface area (Å²) in [5, 5.41) is 3.00. The summed E-state index contributed by atoms with van der Waals surface area (Å²) in [7, 11) is -3.58. The summed E-state index contributed by atoms with van der Waals surface area (Å²) < 4.78 is 26.1. The smallest absolute Gasteiger partial charge is 0.269 e. The molecular weight excluding hydrogens is 380 g/mol. The number of sulfonamides is 1. The van der Waals surface area contributed by atoms with E-state index >= 15 is 0 Å². The van der Waals surface area contributed by atoms with Crippen LogP contribution in [0.3, 0.4) is 0 Å². The Labute approximate surface area is 164 Å². The molecule has 2 aromatic rings. The van der Waals surface area contributed by atoms with Crippen LogP contribution in [0.5, 0.6) is 0 Å². The van der Waals surface area contributed by atoms with E-state index in [1.165, 1.54) is 24.3 Å². The summed E-state index contributed by atoms with van der Waals surface area (Å²) in [6, 6.07) is 11.2. The maximum absolute atomic E-state index is 12.1. The van der Waals surface area contributed by atoms with E-state index in [2.05, 4.69) is 20.9 Å². The van der Waals surface area contributed by atoms with Gasteiger partial charge in [-0.2, -0.15) is 0 Å². The zero-order valence-corrected chi connectivity index (χ0v) is 16.8.